The fraction of sp³-hybridized carbons (Fsp3) is 0.833. The zero-order chi connectivity index (χ0) is 8.48. The van der Waals surface area contributed by atoms with Crippen molar-refractivity contribution in [1.29, 1.82) is 0 Å². The number of carbonyl (C=O) groups is 1. The highest BCUT2D eigenvalue weighted by Crippen LogP contribution is 2.13. The topological polar surface area (TPSA) is 54.5 Å². The molecule has 1 atom stereocenters. The number of rotatable bonds is 2. The van der Waals surface area contributed by atoms with Crippen molar-refractivity contribution in [3.8, 4) is 0 Å². The zero-order valence-electron chi connectivity index (χ0n) is 6.36. The van der Waals surface area contributed by atoms with Gasteiger partial charge < -0.3 is 4.90 Å². The van der Waals surface area contributed by atoms with Crippen LogP contribution in [0, 0.1) is 0 Å². The highest BCUT2D eigenvalue weighted by Gasteiger charge is 2.28. The summed E-state index contributed by atoms with van der Waals surface area (Å²) in [6.45, 7) is 0.934. The van der Waals surface area contributed by atoms with E-state index in [2.05, 4.69) is 0 Å². The van der Waals surface area contributed by atoms with Crippen molar-refractivity contribution in [3.05, 3.63) is 0 Å². The number of carbonyl (C=O) groups excluding carboxylic acids is 1. The van der Waals surface area contributed by atoms with Crippen LogP contribution in [0.5, 0.6) is 0 Å². The van der Waals surface area contributed by atoms with Crippen molar-refractivity contribution in [2.24, 2.45) is 0 Å². The van der Waals surface area contributed by atoms with Crippen LogP contribution in [-0.2, 0) is 14.6 Å². The molecule has 0 aromatic carbocycles. The first-order valence-corrected chi connectivity index (χ1v) is 5.37. The predicted molar refractivity (Wildman–Crippen MR) is 40.9 cm³/mol. The van der Waals surface area contributed by atoms with Crippen LogP contribution in [0.25, 0.3) is 0 Å². The molecule has 5 heteroatoms. The average Bonchev–Trinajstić information content (AvgIpc) is 2.32. The molecule has 1 fully saturated rings. The lowest BCUT2D eigenvalue weighted by Gasteiger charge is -2.07. The van der Waals surface area contributed by atoms with E-state index < -0.39 is 9.84 Å². The molecule has 64 valence electrons. The Morgan fingerprint density at radius 1 is 1.55 bits per heavy atom. The Bertz CT molecular complexity index is 247. The van der Waals surface area contributed by atoms with Crippen LogP contribution in [0.4, 0.5) is 0 Å². The van der Waals surface area contributed by atoms with Gasteiger partial charge in [-0.05, 0) is 6.42 Å². The lowest BCUT2D eigenvalue weighted by atomic mass is 10.4. The Balaban J connectivity index is 2.62. The van der Waals surface area contributed by atoms with Crippen molar-refractivity contribution >= 4 is 16.2 Å². The summed E-state index contributed by atoms with van der Waals surface area (Å²) in [5, 5.41) is -0.340. The van der Waals surface area contributed by atoms with Gasteiger partial charge in [-0.2, -0.15) is 0 Å². The first-order valence-electron chi connectivity index (χ1n) is 3.42. The first-order chi connectivity index (χ1) is 5.04. The quantitative estimate of drug-likeness (QED) is 0.522. The molecule has 1 heterocycles. The summed E-state index contributed by atoms with van der Waals surface area (Å²) >= 11 is 0. The summed E-state index contributed by atoms with van der Waals surface area (Å²) < 4.78 is 21.9. The highest BCUT2D eigenvalue weighted by molar-refractivity contribution is 7.91. The molecule has 0 aromatic heterocycles. The summed E-state index contributed by atoms with van der Waals surface area (Å²) in [5.74, 6) is 0. The summed E-state index contributed by atoms with van der Waals surface area (Å²) in [5.41, 5.74) is 0. The summed E-state index contributed by atoms with van der Waals surface area (Å²) in [6.07, 6.45) is 2.49. The minimum atomic E-state index is -2.95. The minimum absolute atomic E-state index is 0.340. The van der Waals surface area contributed by atoms with Crippen molar-refractivity contribution in [2.45, 2.75) is 11.7 Å². The van der Waals surface area contributed by atoms with Gasteiger partial charge in [-0.25, -0.2) is 8.42 Å². The number of likely N-dealkylation sites (tertiary alicyclic amines) is 1. The van der Waals surface area contributed by atoms with E-state index in [-0.39, 0.29) is 5.25 Å². The van der Waals surface area contributed by atoms with E-state index >= 15 is 0 Å². The van der Waals surface area contributed by atoms with E-state index in [1.807, 2.05) is 0 Å². The zero-order valence-corrected chi connectivity index (χ0v) is 7.17. The molecule has 1 aliphatic heterocycles. The number of nitrogens with zero attached hydrogens (tertiary/aromatic N) is 1. The smallest absolute Gasteiger partial charge is 0.209 e. The summed E-state index contributed by atoms with van der Waals surface area (Å²) in [6, 6.07) is 0. The van der Waals surface area contributed by atoms with Crippen molar-refractivity contribution in [1.82, 2.24) is 4.90 Å². The highest BCUT2D eigenvalue weighted by atomic mass is 32.2. The lowest BCUT2D eigenvalue weighted by molar-refractivity contribution is -0.117. The van der Waals surface area contributed by atoms with Gasteiger partial charge in [-0.3, -0.25) is 4.79 Å². The molecule has 0 saturated carbocycles. The van der Waals surface area contributed by atoms with Crippen LogP contribution < -0.4 is 0 Å². The molecule has 0 radical (unpaired) electrons. The van der Waals surface area contributed by atoms with E-state index in [1.54, 1.807) is 0 Å². The molecule has 1 rings (SSSR count). The molecule has 1 amide bonds. The van der Waals surface area contributed by atoms with E-state index in [1.165, 1.54) is 11.2 Å². The van der Waals surface area contributed by atoms with Crippen LogP contribution in [0.1, 0.15) is 6.42 Å². The van der Waals surface area contributed by atoms with Gasteiger partial charge in [0.05, 0.1) is 5.25 Å². The Morgan fingerprint density at radius 2 is 2.18 bits per heavy atom. The van der Waals surface area contributed by atoms with Crippen LogP contribution in [0.2, 0.25) is 0 Å². The molecule has 0 N–H and O–H groups in total. The normalized spacial score (nSPS) is 25.5. The second-order valence-electron chi connectivity index (χ2n) is 2.84. The van der Waals surface area contributed by atoms with Gasteiger partial charge in [0.2, 0.25) is 6.41 Å². The molecule has 0 aliphatic carbocycles. The SMILES string of the molecule is CS(=O)(=O)[C@@H]1CCN(C=O)C1. The van der Waals surface area contributed by atoms with Crippen LogP contribution in [0.3, 0.4) is 0 Å². The van der Waals surface area contributed by atoms with E-state index in [0.717, 1.165) is 0 Å². The molecule has 1 saturated heterocycles. The molecule has 0 bridgehead atoms. The van der Waals surface area contributed by atoms with Gasteiger partial charge in [0.25, 0.3) is 0 Å². The van der Waals surface area contributed by atoms with Gasteiger partial charge in [0, 0.05) is 19.3 Å². The molecule has 0 aromatic rings. The third-order valence-electron chi connectivity index (χ3n) is 1.93. The Hall–Kier alpha value is -0.580. The second-order valence-corrected chi connectivity index (χ2v) is 5.17. The minimum Gasteiger partial charge on any atom is -0.344 e. The summed E-state index contributed by atoms with van der Waals surface area (Å²) in [7, 11) is -2.95. The largest absolute Gasteiger partial charge is 0.344 e. The average molecular weight is 177 g/mol. The fourth-order valence-corrected chi connectivity index (χ4v) is 2.19. The maximum absolute atomic E-state index is 11.0. The number of amides is 1. The van der Waals surface area contributed by atoms with Crippen molar-refractivity contribution in [3.63, 3.8) is 0 Å². The molecule has 11 heavy (non-hydrogen) atoms. The predicted octanol–water partition coefficient (Wildman–Crippen LogP) is -0.738. The molecular weight excluding hydrogens is 166 g/mol. The molecular formula is C6H11NO3S. The van der Waals surface area contributed by atoms with E-state index in [4.69, 9.17) is 0 Å². The monoisotopic (exact) mass is 177 g/mol. The van der Waals surface area contributed by atoms with Crippen molar-refractivity contribution < 1.29 is 13.2 Å². The van der Waals surface area contributed by atoms with Crippen LogP contribution in [0.15, 0.2) is 0 Å². The third-order valence-corrected chi connectivity index (χ3v) is 3.53. The number of hydrogen-bond acceptors (Lipinski definition) is 3. The maximum Gasteiger partial charge on any atom is 0.209 e. The van der Waals surface area contributed by atoms with Crippen LogP contribution >= 0.6 is 0 Å². The lowest BCUT2D eigenvalue weighted by Crippen LogP contribution is -2.25. The van der Waals surface area contributed by atoms with E-state index in [0.29, 0.717) is 25.9 Å². The molecule has 4 nitrogen and oxygen atoms in total. The number of sulfone groups is 1. The standard InChI is InChI=1S/C6H11NO3S/c1-11(9,10)6-2-3-7(4-6)5-8/h5-6H,2-4H2,1H3/t6-/m1/s1. The van der Waals surface area contributed by atoms with Gasteiger partial charge >= 0.3 is 0 Å². The molecule has 0 unspecified atom stereocenters. The Labute approximate surface area is 66.1 Å². The van der Waals surface area contributed by atoms with Gasteiger partial charge in [0.15, 0.2) is 9.84 Å². The summed E-state index contributed by atoms with van der Waals surface area (Å²) in [4.78, 5) is 11.7. The fourth-order valence-electron chi connectivity index (χ4n) is 1.20. The Morgan fingerprint density at radius 3 is 2.45 bits per heavy atom. The van der Waals surface area contributed by atoms with Gasteiger partial charge in [0.1, 0.15) is 0 Å². The van der Waals surface area contributed by atoms with E-state index in [9.17, 15) is 13.2 Å². The third kappa shape index (κ3) is 1.92. The van der Waals surface area contributed by atoms with Gasteiger partial charge in [-0.1, -0.05) is 0 Å². The maximum atomic E-state index is 11.0. The first kappa shape index (κ1) is 8.52. The van der Waals surface area contributed by atoms with Gasteiger partial charge in [-0.15, -0.1) is 0 Å². The molecule has 0 spiro atoms. The number of hydrogen-bond donors (Lipinski definition) is 0. The Kier molecular flexibility index (Phi) is 2.17. The van der Waals surface area contributed by atoms with Crippen molar-refractivity contribution in [2.75, 3.05) is 19.3 Å². The second kappa shape index (κ2) is 2.81. The van der Waals surface area contributed by atoms with Crippen LogP contribution in [-0.4, -0.2) is 44.3 Å². The molecule has 1 aliphatic rings.